The lowest BCUT2D eigenvalue weighted by atomic mass is 9.82. The molecule has 0 spiro atoms. The minimum atomic E-state index is -0.764. The molecule has 1 aromatic heterocycles. The van der Waals surface area contributed by atoms with E-state index in [1.807, 2.05) is 18.2 Å². The van der Waals surface area contributed by atoms with Gasteiger partial charge in [0, 0.05) is 6.07 Å². The summed E-state index contributed by atoms with van der Waals surface area (Å²) in [6, 6.07) is 12.6. The van der Waals surface area contributed by atoms with Gasteiger partial charge in [-0.3, -0.25) is 9.59 Å². The normalized spacial score (nSPS) is 20.2. The lowest BCUT2D eigenvalue weighted by Gasteiger charge is -2.32. The second-order valence-corrected chi connectivity index (χ2v) is 8.88. The zero-order chi connectivity index (χ0) is 22.2. The monoisotopic (exact) mass is 454 g/mol. The van der Waals surface area contributed by atoms with Crippen LogP contribution < -0.4 is 10.2 Å². The molecule has 1 N–H and O–H groups in total. The Hall–Kier alpha value is -2.83. The first-order valence-corrected chi connectivity index (χ1v) is 11.2. The fourth-order valence-electron chi connectivity index (χ4n) is 4.08. The van der Waals surface area contributed by atoms with Crippen molar-refractivity contribution in [3.8, 4) is 17.1 Å². The van der Waals surface area contributed by atoms with Crippen LogP contribution in [0.5, 0.6) is 5.75 Å². The topological polar surface area (TPSA) is 86.0 Å². The Balaban J connectivity index is 1.36. The van der Waals surface area contributed by atoms with Gasteiger partial charge in [0.25, 0.3) is 0 Å². The van der Waals surface area contributed by atoms with E-state index in [1.165, 1.54) is 11.6 Å². The molecule has 2 saturated carbocycles. The average molecular weight is 455 g/mol. The highest BCUT2D eigenvalue weighted by molar-refractivity contribution is 6.34. The molecule has 0 atom stereocenters. The van der Waals surface area contributed by atoms with Crippen molar-refractivity contribution in [2.75, 3.05) is 13.2 Å². The van der Waals surface area contributed by atoms with E-state index in [0.29, 0.717) is 65.0 Å². The van der Waals surface area contributed by atoms with E-state index in [1.54, 1.807) is 18.2 Å². The van der Waals surface area contributed by atoms with Gasteiger partial charge >= 0.3 is 5.97 Å². The van der Waals surface area contributed by atoms with Crippen molar-refractivity contribution in [2.45, 2.75) is 37.7 Å². The van der Waals surface area contributed by atoms with Crippen molar-refractivity contribution in [3.63, 3.8) is 0 Å². The van der Waals surface area contributed by atoms with Crippen LogP contribution >= 0.6 is 11.6 Å². The Morgan fingerprint density at radius 2 is 1.94 bits per heavy atom. The highest BCUT2D eigenvalue weighted by atomic mass is 35.5. The van der Waals surface area contributed by atoms with Gasteiger partial charge in [-0.15, -0.1) is 0 Å². The van der Waals surface area contributed by atoms with Gasteiger partial charge in [0.1, 0.15) is 18.1 Å². The summed E-state index contributed by atoms with van der Waals surface area (Å²) in [6.45, 7) is 0.672. The number of carbonyl (C=O) groups is 1. The Labute approximate surface area is 189 Å². The fraction of sp³-hybridized carbons (Fsp3) is 0.360. The summed E-state index contributed by atoms with van der Waals surface area (Å²) < 4.78 is 17.8. The van der Waals surface area contributed by atoms with Gasteiger partial charge in [0.15, 0.2) is 11.0 Å². The number of fused-ring (bicyclic) bond motifs is 1. The quantitative estimate of drug-likeness (QED) is 0.468. The van der Waals surface area contributed by atoms with E-state index < -0.39 is 5.97 Å². The van der Waals surface area contributed by atoms with E-state index in [-0.39, 0.29) is 17.5 Å². The SMILES string of the molecule is O=c1cc(-c2ccc(C3CC3)cc2OCCO[C@H]2C[C@H](C(=O)O)C2)oc2c(Cl)cccc12. The predicted octanol–water partition coefficient (Wildman–Crippen LogP) is 5.25. The number of aliphatic carboxylic acids is 1. The molecule has 0 bridgehead atoms. The van der Waals surface area contributed by atoms with Crippen LogP contribution in [0, 0.1) is 5.92 Å². The standard InChI is InChI=1S/C25H23ClO6/c26-20-3-1-2-18-21(27)13-23(32-24(18)20)19-7-6-15(14-4-5-14)12-22(19)31-9-8-30-17-10-16(11-17)25(28)29/h1-3,6-7,12-14,16-17H,4-5,8-11H2,(H,28,29)/t16-,17-. The lowest BCUT2D eigenvalue weighted by molar-refractivity contribution is -0.151. The Morgan fingerprint density at radius 3 is 2.69 bits per heavy atom. The third kappa shape index (κ3) is 4.25. The van der Waals surface area contributed by atoms with E-state index in [4.69, 9.17) is 30.6 Å². The molecule has 0 saturated heterocycles. The highest BCUT2D eigenvalue weighted by Gasteiger charge is 2.35. The zero-order valence-electron chi connectivity index (χ0n) is 17.4. The maximum absolute atomic E-state index is 12.6. The first-order valence-electron chi connectivity index (χ1n) is 10.8. The average Bonchev–Trinajstić information content (AvgIpc) is 3.58. The van der Waals surface area contributed by atoms with Gasteiger partial charge in [-0.1, -0.05) is 23.7 Å². The van der Waals surface area contributed by atoms with Crippen LogP contribution in [0.25, 0.3) is 22.3 Å². The van der Waals surface area contributed by atoms with Crippen molar-refractivity contribution in [3.05, 3.63) is 63.3 Å². The van der Waals surface area contributed by atoms with Crippen molar-refractivity contribution >= 4 is 28.5 Å². The number of halogens is 1. The molecule has 6 nitrogen and oxygen atoms in total. The van der Waals surface area contributed by atoms with Crippen LogP contribution in [0.1, 0.15) is 37.2 Å². The molecule has 0 unspecified atom stereocenters. The van der Waals surface area contributed by atoms with Crippen molar-refractivity contribution in [1.82, 2.24) is 0 Å². The molecule has 166 valence electrons. The molecule has 2 aromatic carbocycles. The number of carboxylic acid groups (broad SMARTS) is 1. The van der Waals surface area contributed by atoms with Gasteiger partial charge in [-0.2, -0.15) is 0 Å². The van der Waals surface area contributed by atoms with E-state index in [0.717, 1.165) is 12.8 Å². The Kier molecular flexibility index (Phi) is 5.66. The van der Waals surface area contributed by atoms with Crippen molar-refractivity contribution < 1.29 is 23.8 Å². The molecule has 32 heavy (non-hydrogen) atoms. The maximum Gasteiger partial charge on any atom is 0.306 e. The first kappa shape index (κ1) is 21.0. The third-order valence-corrected chi connectivity index (χ3v) is 6.46. The number of hydrogen-bond donors (Lipinski definition) is 1. The van der Waals surface area contributed by atoms with Crippen LogP contribution in [0.3, 0.4) is 0 Å². The number of para-hydroxylation sites is 1. The molecule has 3 aromatic rings. The molecule has 2 aliphatic carbocycles. The lowest BCUT2D eigenvalue weighted by Crippen LogP contribution is -2.37. The summed E-state index contributed by atoms with van der Waals surface area (Å²) in [7, 11) is 0. The number of hydrogen-bond acceptors (Lipinski definition) is 5. The molecular formula is C25H23ClO6. The first-order chi connectivity index (χ1) is 15.5. The molecule has 7 heteroatoms. The summed E-state index contributed by atoms with van der Waals surface area (Å²) in [5.41, 5.74) is 2.08. The van der Waals surface area contributed by atoms with Gasteiger partial charge in [-0.05, 0) is 61.4 Å². The summed E-state index contributed by atoms with van der Waals surface area (Å²) in [5, 5.41) is 9.79. The van der Waals surface area contributed by atoms with Gasteiger partial charge in [0.05, 0.1) is 34.6 Å². The second kappa shape index (κ2) is 8.60. The van der Waals surface area contributed by atoms with Gasteiger partial charge in [-0.25, -0.2) is 0 Å². The van der Waals surface area contributed by atoms with Crippen LogP contribution in [0.4, 0.5) is 0 Å². The minimum absolute atomic E-state index is 0.0300. The van der Waals surface area contributed by atoms with E-state index in [9.17, 15) is 9.59 Å². The van der Waals surface area contributed by atoms with Crippen LogP contribution in [0.2, 0.25) is 5.02 Å². The number of carboxylic acids is 1. The van der Waals surface area contributed by atoms with Gasteiger partial charge in [0.2, 0.25) is 0 Å². The smallest absolute Gasteiger partial charge is 0.306 e. The minimum Gasteiger partial charge on any atom is -0.490 e. The van der Waals surface area contributed by atoms with Crippen molar-refractivity contribution in [2.24, 2.45) is 5.92 Å². The largest absolute Gasteiger partial charge is 0.490 e. The summed E-state index contributed by atoms with van der Waals surface area (Å²) in [4.78, 5) is 23.6. The molecular weight excluding hydrogens is 432 g/mol. The number of ether oxygens (including phenoxy) is 2. The summed E-state index contributed by atoms with van der Waals surface area (Å²) >= 11 is 6.27. The molecule has 2 aliphatic rings. The van der Waals surface area contributed by atoms with Crippen molar-refractivity contribution in [1.29, 1.82) is 0 Å². The zero-order valence-corrected chi connectivity index (χ0v) is 18.1. The molecule has 5 rings (SSSR count). The van der Waals surface area contributed by atoms with Gasteiger partial charge < -0.3 is 19.0 Å². The second-order valence-electron chi connectivity index (χ2n) is 8.47. The number of benzene rings is 2. The van der Waals surface area contributed by atoms with Crippen LogP contribution in [-0.2, 0) is 9.53 Å². The van der Waals surface area contributed by atoms with E-state index >= 15 is 0 Å². The Morgan fingerprint density at radius 1 is 1.12 bits per heavy atom. The Bertz CT molecular complexity index is 1220. The molecule has 0 aliphatic heterocycles. The number of rotatable bonds is 8. The molecule has 0 amide bonds. The molecule has 0 radical (unpaired) electrons. The van der Waals surface area contributed by atoms with E-state index in [2.05, 4.69) is 0 Å². The maximum atomic E-state index is 12.6. The third-order valence-electron chi connectivity index (χ3n) is 6.17. The molecule has 2 fully saturated rings. The highest BCUT2D eigenvalue weighted by Crippen LogP contribution is 2.43. The summed E-state index contributed by atoms with van der Waals surface area (Å²) in [6.07, 6.45) is 3.38. The fourth-order valence-corrected chi connectivity index (χ4v) is 4.29. The molecule has 1 heterocycles. The predicted molar refractivity (Wildman–Crippen MR) is 120 cm³/mol. The summed E-state index contributed by atoms with van der Waals surface area (Å²) in [5.74, 6) is 0.510. The van der Waals surface area contributed by atoms with Crippen LogP contribution in [0.15, 0.2) is 51.7 Å². The van der Waals surface area contributed by atoms with Crippen LogP contribution in [-0.4, -0.2) is 30.4 Å².